The van der Waals surface area contributed by atoms with Gasteiger partial charge >= 0.3 is 5.97 Å². The number of carboxylic acid groups (broad SMARTS) is 1. The molecule has 3 atom stereocenters. The van der Waals surface area contributed by atoms with Crippen LogP contribution in [0.3, 0.4) is 0 Å². The number of benzene rings is 2. The van der Waals surface area contributed by atoms with Crippen LogP contribution in [0.1, 0.15) is 24.8 Å². The Morgan fingerprint density at radius 1 is 1.22 bits per heavy atom. The van der Waals surface area contributed by atoms with Gasteiger partial charge in [0.05, 0.1) is 18.9 Å². The quantitative estimate of drug-likeness (QED) is 0.815. The number of ether oxygens (including phenoxy) is 1. The van der Waals surface area contributed by atoms with Crippen molar-refractivity contribution in [3.05, 3.63) is 42.0 Å². The molecule has 3 rings (SSSR count). The fraction of sp³-hybridized carbons (Fsp3) is 0.429. The number of primary amides is 1. The summed E-state index contributed by atoms with van der Waals surface area (Å²) < 4.78 is 5.24. The zero-order valence-electron chi connectivity index (χ0n) is 15.7. The van der Waals surface area contributed by atoms with Crippen molar-refractivity contribution in [3.63, 3.8) is 0 Å². The van der Waals surface area contributed by atoms with Gasteiger partial charge in [-0.1, -0.05) is 31.2 Å². The molecule has 6 heteroatoms. The van der Waals surface area contributed by atoms with Crippen LogP contribution in [0.25, 0.3) is 10.8 Å². The van der Waals surface area contributed by atoms with Crippen molar-refractivity contribution in [2.45, 2.75) is 19.3 Å². The molecule has 1 heterocycles. The molecule has 1 aliphatic rings. The van der Waals surface area contributed by atoms with Crippen LogP contribution in [0.2, 0.25) is 0 Å². The third-order valence-electron chi connectivity index (χ3n) is 5.35. The highest BCUT2D eigenvalue weighted by Gasteiger charge is 2.31. The number of nitrogens with two attached hydrogens (primary N) is 1. The van der Waals surface area contributed by atoms with Gasteiger partial charge in [0.15, 0.2) is 0 Å². The van der Waals surface area contributed by atoms with Gasteiger partial charge in [-0.2, -0.15) is 0 Å². The lowest BCUT2D eigenvalue weighted by molar-refractivity contribution is -0.139. The Balaban J connectivity index is 1.84. The SMILES string of the molecule is COc1ccc2cc([C@@H](CN3C[C@@H](C)C[C@H](C(N)=O)C3)C(=O)O)ccc2c1. The summed E-state index contributed by atoms with van der Waals surface area (Å²) in [5.41, 5.74) is 6.25. The summed E-state index contributed by atoms with van der Waals surface area (Å²) in [6.45, 7) is 3.74. The Morgan fingerprint density at radius 2 is 1.93 bits per heavy atom. The number of aliphatic carboxylic acids is 1. The number of carbonyl (C=O) groups is 2. The molecule has 0 aromatic heterocycles. The molecule has 1 amide bonds. The Labute approximate surface area is 158 Å². The van der Waals surface area contributed by atoms with E-state index in [1.807, 2.05) is 36.4 Å². The number of amides is 1. The molecule has 0 unspecified atom stereocenters. The molecule has 0 aliphatic carbocycles. The van der Waals surface area contributed by atoms with Crippen molar-refractivity contribution in [2.75, 3.05) is 26.7 Å². The van der Waals surface area contributed by atoms with Gasteiger partial charge in [0, 0.05) is 19.6 Å². The molecule has 0 radical (unpaired) electrons. The van der Waals surface area contributed by atoms with Crippen LogP contribution in [0, 0.1) is 11.8 Å². The summed E-state index contributed by atoms with van der Waals surface area (Å²) in [6.07, 6.45) is 0.765. The molecular formula is C21H26N2O4. The van der Waals surface area contributed by atoms with Gasteiger partial charge in [-0.25, -0.2) is 0 Å². The minimum Gasteiger partial charge on any atom is -0.497 e. The average Bonchev–Trinajstić information content (AvgIpc) is 2.64. The van der Waals surface area contributed by atoms with E-state index in [2.05, 4.69) is 11.8 Å². The summed E-state index contributed by atoms with van der Waals surface area (Å²) in [7, 11) is 1.62. The van der Waals surface area contributed by atoms with Crippen molar-refractivity contribution in [3.8, 4) is 5.75 Å². The van der Waals surface area contributed by atoms with Gasteiger partial charge in [-0.05, 0) is 40.8 Å². The maximum absolute atomic E-state index is 12.0. The van der Waals surface area contributed by atoms with E-state index in [4.69, 9.17) is 10.5 Å². The van der Waals surface area contributed by atoms with Gasteiger partial charge in [-0.3, -0.25) is 9.59 Å². The van der Waals surface area contributed by atoms with Gasteiger partial charge in [0.1, 0.15) is 5.75 Å². The van der Waals surface area contributed by atoms with Gasteiger partial charge in [-0.15, -0.1) is 0 Å². The number of hydrogen-bond acceptors (Lipinski definition) is 4. The van der Waals surface area contributed by atoms with Crippen LogP contribution in [-0.2, 0) is 9.59 Å². The van der Waals surface area contributed by atoms with Crippen LogP contribution in [0.5, 0.6) is 5.75 Å². The molecule has 0 saturated carbocycles. The van der Waals surface area contributed by atoms with Crippen LogP contribution in [0.15, 0.2) is 36.4 Å². The lowest BCUT2D eigenvalue weighted by Crippen LogP contribution is -2.46. The van der Waals surface area contributed by atoms with Gasteiger partial charge in [0.25, 0.3) is 0 Å². The average molecular weight is 370 g/mol. The molecule has 1 fully saturated rings. The molecule has 3 N–H and O–H groups in total. The fourth-order valence-electron chi connectivity index (χ4n) is 3.99. The standard InChI is InChI=1S/C21H26N2O4/c1-13-7-17(20(22)24)11-23(10-13)12-19(21(25)26)16-4-3-15-9-18(27-2)6-5-14(15)8-16/h3-6,8-9,13,17,19H,7,10-12H2,1-2H3,(H2,22,24)(H,25,26)/t13-,17-,19+/m0/s1. The predicted molar refractivity (Wildman–Crippen MR) is 104 cm³/mol. The molecule has 1 saturated heterocycles. The first-order valence-corrected chi connectivity index (χ1v) is 9.19. The molecule has 27 heavy (non-hydrogen) atoms. The number of fused-ring (bicyclic) bond motifs is 1. The van der Waals surface area contributed by atoms with Crippen molar-refractivity contribution in [2.24, 2.45) is 17.6 Å². The molecule has 0 bridgehead atoms. The Kier molecular flexibility index (Phi) is 5.65. The first-order chi connectivity index (χ1) is 12.9. The molecule has 2 aromatic rings. The maximum Gasteiger partial charge on any atom is 0.312 e. The van der Waals surface area contributed by atoms with E-state index in [9.17, 15) is 14.7 Å². The topological polar surface area (TPSA) is 92.9 Å². The Bertz CT molecular complexity index is 851. The first kappa shape index (κ1) is 19.2. The minimum absolute atomic E-state index is 0.215. The van der Waals surface area contributed by atoms with Crippen LogP contribution < -0.4 is 10.5 Å². The Hall–Kier alpha value is -2.60. The van der Waals surface area contributed by atoms with E-state index < -0.39 is 11.9 Å². The van der Waals surface area contributed by atoms with Crippen molar-refractivity contribution in [1.82, 2.24) is 4.90 Å². The molecule has 6 nitrogen and oxygen atoms in total. The number of carboxylic acids is 1. The second-order valence-electron chi connectivity index (χ2n) is 7.52. The highest BCUT2D eigenvalue weighted by molar-refractivity contribution is 5.86. The third-order valence-corrected chi connectivity index (χ3v) is 5.35. The van der Waals surface area contributed by atoms with Gasteiger partial charge in [0.2, 0.25) is 5.91 Å². The summed E-state index contributed by atoms with van der Waals surface area (Å²) in [6, 6.07) is 11.4. The number of hydrogen-bond donors (Lipinski definition) is 2. The summed E-state index contributed by atoms with van der Waals surface area (Å²) >= 11 is 0. The van der Waals surface area contributed by atoms with Crippen molar-refractivity contribution < 1.29 is 19.4 Å². The highest BCUT2D eigenvalue weighted by atomic mass is 16.5. The number of nitrogens with zero attached hydrogens (tertiary/aromatic N) is 1. The second-order valence-corrected chi connectivity index (χ2v) is 7.52. The normalized spacial score (nSPS) is 21.7. The smallest absolute Gasteiger partial charge is 0.312 e. The molecular weight excluding hydrogens is 344 g/mol. The molecule has 0 spiro atoms. The summed E-state index contributed by atoms with van der Waals surface area (Å²) in [4.78, 5) is 25.6. The van der Waals surface area contributed by atoms with E-state index in [1.54, 1.807) is 7.11 Å². The minimum atomic E-state index is -0.864. The van der Waals surface area contributed by atoms with E-state index in [0.29, 0.717) is 19.0 Å². The first-order valence-electron chi connectivity index (χ1n) is 9.19. The molecule has 1 aliphatic heterocycles. The zero-order valence-corrected chi connectivity index (χ0v) is 15.7. The lowest BCUT2D eigenvalue weighted by Gasteiger charge is -2.36. The molecule has 2 aromatic carbocycles. The summed E-state index contributed by atoms with van der Waals surface area (Å²) in [5, 5.41) is 11.8. The van der Waals surface area contributed by atoms with Crippen LogP contribution >= 0.6 is 0 Å². The van der Waals surface area contributed by atoms with Crippen molar-refractivity contribution >= 4 is 22.6 Å². The second kappa shape index (κ2) is 7.96. The van der Waals surface area contributed by atoms with Crippen LogP contribution in [0.4, 0.5) is 0 Å². The van der Waals surface area contributed by atoms with E-state index in [0.717, 1.165) is 35.1 Å². The lowest BCUT2D eigenvalue weighted by atomic mass is 9.88. The largest absolute Gasteiger partial charge is 0.497 e. The van der Waals surface area contributed by atoms with E-state index in [1.165, 1.54) is 0 Å². The van der Waals surface area contributed by atoms with E-state index >= 15 is 0 Å². The zero-order chi connectivity index (χ0) is 19.6. The van der Waals surface area contributed by atoms with Crippen LogP contribution in [-0.4, -0.2) is 48.6 Å². The summed E-state index contributed by atoms with van der Waals surface area (Å²) in [5.74, 6) is -0.961. The Morgan fingerprint density at radius 3 is 2.59 bits per heavy atom. The number of piperidine rings is 1. The predicted octanol–water partition coefficient (Wildman–Crippen LogP) is 2.46. The fourth-order valence-corrected chi connectivity index (χ4v) is 3.99. The monoisotopic (exact) mass is 370 g/mol. The number of methoxy groups -OCH3 is 1. The van der Waals surface area contributed by atoms with Gasteiger partial charge < -0.3 is 20.5 Å². The number of carbonyl (C=O) groups excluding carboxylic acids is 1. The highest BCUT2D eigenvalue weighted by Crippen LogP contribution is 2.28. The maximum atomic E-state index is 12.0. The third kappa shape index (κ3) is 4.39. The van der Waals surface area contributed by atoms with Crippen molar-refractivity contribution in [1.29, 1.82) is 0 Å². The number of likely N-dealkylation sites (tertiary alicyclic amines) is 1. The number of rotatable bonds is 6. The van der Waals surface area contributed by atoms with E-state index in [-0.39, 0.29) is 11.8 Å². The molecule has 144 valence electrons.